The highest BCUT2D eigenvalue weighted by atomic mass is 32.2. The molecule has 0 aromatic carbocycles. The van der Waals surface area contributed by atoms with E-state index in [0.717, 1.165) is 6.04 Å². The Balaban J connectivity index is 3.54. The van der Waals surface area contributed by atoms with Crippen molar-refractivity contribution in [3.05, 3.63) is 0 Å². The van der Waals surface area contributed by atoms with Gasteiger partial charge in [-0.05, 0) is 31.6 Å². The van der Waals surface area contributed by atoms with Gasteiger partial charge in [-0.3, -0.25) is 0 Å². The molecule has 0 saturated heterocycles. The molecule has 0 saturated carbocycles. The Bertz CT molecular complexity index is 128. The number of rotatable bonds is 12. The summed E-state index contributed by atoms with van der Waals surface area (Å²) in [5, 5.41) is 3.68. The van der Waals surface area contributed by atoms with Crippen LogP contribution in [-0.2, 0) is 0 Å². The molecule has 0 heterocycles. The maximum Gasteiger partial charge on any atom is 0.0158 e. The highest BCUT2D eigenvalue weighted by Crippen LogP contribution is 2.11. The lowest BCUT2D eigenvalue weighted by Crippen LogP contribution is -2.32. The van der Waals surface area contributed by atoms with Crippen LogP contribution in [0.25, 0.3) is 0 Å². The number of nitrogens with one attached hydrogen (secondary N) is 1. The quantitative estimate of drug-likeness (QED) is 0.509. The van der Waals surface area contributed by atoms with Gasteiger partial charge in [0.05, 0.1) is 0 Å². The lowest BCUT2D eigenvalue weighted by molar-refractivity contribution is 0.488. The van der Waals surface area contributed by atoms with E-state index < -0.39 is 0 Å². The molecule has 0 aromatic heterocycles. The summed E-state index contributed by atoms with van der Waals surface area (Å²) in [6.45, 7) is 7.98. The lowest BCUT2D eigenvalue weighted by Gasteiger charge is -2.18. The Labute approximate surface area is 107 Å². The van der Waals surface area contributed by atoms with E-state index in [2.05, 4.69) is 37.8 Å². The van der Waals surface area contributed by atoms with E-state index in [9.17, 15) is 0 Å². The molecule has 0 spiro atoms. The monoisotopic (exact) mass is 245 g/mol. The second-order valence-electron chi connectivity index (χ2n) is 4.58. The Kier molecular flexibility index (Phi) is 13.6. The minimum atomic E-state index is 0.758. The first-order valence-electron chi connectivity index (χ1n) is 7.16. The summed E-state index contributed by atoms with van der Waals surface area (Å²) in [5.41, 5.74) is 0. The normalized spacial score (nSPS) is 12.9. The van der Waals surface area contributed by atoms with Crippen LogP contribution in [0, 0.1) is 0 Å². The molecule has 1 nitrogen and oxygen atoms in total. The molecular weight excluding hydrogens is 214 g/mol. The van der Waals surface area contributed by atoms with E-state index in [1.165, 1.54) is 63.0 Å². The molecule has 1 atom stereocenters. The third kappa shape index (κ3) is 10.8. The van der Waals surface area contributed by atoms with Crippen LogP contribution in [-0.4, -0.2) is 24.1 Å². The summed E-state index contributed by atoms with van der Waals surface area (Å²) >= 11 is 2.11. The summed E-state index contributed by atoms with van der Waals surface area (Å²) in [4.78, 5) is 0. The van der Waals surface area contributed by atoms with Crippen LogP contribution in [0.2, 0.25) is 0 Å². The molecule has 0 aliphatic rings. The average molecular weight is 245 g/mol. The van der Waals surface area contributed by atoms with Crippen molar-refractivity contribution in [1.29, 1.82) is 0 Å². The standard InChI is InChI=1S/C14H31NS/c1-4-7-8-9-10-14(15-11-5-2)13-16-12-6-3/h14-15H,4-13H2,1-3H3. The molecule has 98 valence electrons. The van der Waals surface area contributed by atoms with Gasteiger partial charge in [-0.15, -0.1) is 0 Å². The second-order valence-corrected chi connectivity index (χ2v) is 5.73. The van der Waals surface area contributed by atoms with Gasteiger partial charge >= 0.3 is 0 Å². The third-order valence-corrected chi connectivity index (χ3v) is 4.09. The van der Waals surface area contributed by atoms with E-state index in [-0.39, 0.29) is 0 Å². The molecule has 0 aliphatic heterocycles. The zero-order chi connectivity index (χ0) is 12.1. The Morgan fingerprint density at radius 3 is 2.38 bits per heavy atom. The molecule has 0 amide bonds. The van der Waals surface area contributed by atoms with Gasteiger partial charge in [-0.2, -0.15) is 11.8 Å². The SMILES string of the molecule is CCCCCCC(CSCCC)NCCC. The molecule has 0 radical (unpaired) electrons. The van der Waals surface area contributed by atoms with Crippen molar-refractivity contribution in [1.82, 2.24) is 5.32 Å². The van der Waals surface area contributed by atoms with Crippen molar-refractivity contribution in [3.63, 3.8) is 0 Å². The Morgan fingerprint density at radius 2 is 1.75 bits per heavy atom. The molecule has 1 N–H and O–H groups in total. The van der Waals surface area contributed by atoms with Crippen LogP contribution < -0.4 is 5.32 Å². The van der Waals surface area contributed by atoms with Crippen LogP contribution in [0.5, 0.6) is 0 Å². The van der Waals surface area contributed by atoms with Crippen molar-refractivity contribution in [2.45, 2.75) is 71.8 Å². The topological polar surface area (TPSA) is 12.0 Å². The maximum atomic E-state index is 3.68. The van der Waals surface area contributed by atoms with Crippen LogP contribution in [0.3, 0.4) is 0 Å². The first-order chi connectivity index (χ1) is 7.85. The predicted octanol–water partition coefficient (Wildman–Crippen LogP) is 4.47. The van der Waals surface area contributed by atoms with Gasteiger partial charge in [0.1, 0.15) is 0 Å². The molecule has 0 aliphatic carbocycles. The largest absolute Gasteiger partial charge is 0.313 e. The first-order valence-corrected chi connectivity index (χ1v) is 8.31. The molecule has 0 fully saturated rings. The van der Waals surface area contributed by atoms with E-state index in [1.54, 1.807) is 0 Å². The molecular formula is C14H31NS. The van der Waals surface area contributed by atoms with E-state index in [4.69, 9.17) is 0 Å². The van der Waals surface area contributed by atoms with Crippen LogP contribution in [0.4, 0.5) is 0 Å². The number of thioether (sulfide) groups is 1. The zero-order valence-electron chi connectivity index (χ0n) is 11.6. The second kappa shape index (κ2) is 13.4. The van der Waals surface area contributed by atoms with Crippen molar-refractivity contribution in [2.75, 3.05) is 18.1 Å². The van der Waals surface area contributed by atoms with Gasteiger partial charge < -0.3 is 5.32 Å². The van der Waals surface area contributed by atoms with Gasteiger partial charge in [0.2, 0.25) is 0 Å². The highest BCUT2D eigenvalue weighted by Gasteiger charge is 2.06. The van der Waals surface area contributed by atoms with E-state index in [0.29, 0.717) is 0 Å². The summed E-state index contributed by atoms with van der Waals surface area (Å²) in [7, 11) is 0. The van der Waals surface area contributed by atoms with Gasteiger partial charge in [0.25, 0.3) is 0 Å². The summed E-state index contributed by atoms with van der Waals surface area (Å²) in [6, 6.07) is 0.758. The zero-order valence-corrected chi connectivity index (χ0v) is 12.4. The maximum absolute atomic E-state index is 3.68. The fourth-order valence-corrected chi connectivity index (χ4v) is 2.80. The highest BCUT2D eigenvalue weighted by molar-refractivity contribution is 7.99. The molecule has 0 aromatic rings. The average Bonchev–Trinajstić information content (AvgIpc) is 2.31. The van der Waals surface area contributed by atoms with Gasteiger partial charge in [0.15, 0.2) is 0 Å². The van der Waals surface area contributed by atoms with Gasteiger partial charge in [0, 0.05) is 11.8 Å². The Hall–Kier alpha value is 0.310. The predicted molar refractivity (Wildman–Crippen MR) is 78.5 cm³/mol. The number of hydrogen-bond donors (Lipinski definition) is 1. The molecule has 2 heteroatoms. The van der Waals surface area contributed by atoms with Crippen molar-refractivity contribution in [2.24, 2.45) is 0 Å². The fraction of sp³-hybridized carbons (Fsp3) is 1.00. The lowest BCUT2D eigenvalue weighted by atomic mass is 10.1. The summed E-state index contributed by atoms with van der Waals surface area (Å²) in [5.74, 6) is 2.62. The van der Waals surface area contributed by atoms with Crippen LogP contribution in [0.15, 0.2) is 0 Å². The first kappa shape index (κ1) is 16.3. The minimum absolute atomic E-state index is 0.758. The third-order valence-electron chi connectivity index (χ3n) is 2.76. The van der Waals surface area contributed by atoms with E-state index in [1.807, 2.05) is 0 Å². The smallest absolute Gasteiger partial charge is 0.0158 e. The molecule has 16 heavy (non-hydrogen) atoms. The molecule has 0 bridgehead atoms. The minimum Gasteiger partial charge on any atom is -0.313 e. The van der Waals surface area contributed by atoms with Crippen molar-refractivity contribution >= 4 is 11.8 Å². The van der Waals surface area contributed by atoms with Crippen molar-refractivity contribution < 1.29 is 0 Å². The van der Waals surface area contributed by atoms with Crippen molar-refractivity contribution in [3.8, 4) is 0 Å². The van der Waals surface area contributed by atoms with E-state index >= 15 is 0 Å². The summed E-state index contributed by atoms with van der Waals surface area (Å²) in [6.07, 6.45) is 9.50. The number of hydrogen-bond acceptors (Lipinski definition) is 2. The Morgan fingerprint density at radius 1 is 0.938 bits per heavy atom. The number of unbranched alkanes of at least 4 members (excludes halogenated alkanes) is 3. The van der Waals surface area contributed by atoms with Crippen LogP contribution >= 0.6 is 11.8 Å². The van der Waals surface area contributed by atoms with Gasteiger partial charge in [-0.1, -0.05) is 46.5 Å². The molecule has 1 unspecified atom stereocenters. The van der Waals surface area contributed by atoms with Gasteiger partial charge in [-0.25, -0.2) is 0 Å². The molecule has 0 rings (SSSR count). The summed E-state index contributed by atoms with van der Waals surface area (Å²) < 4.78 is 0. The van der Waals surface area contributed by atoms with Crippen LogP contribution in [0.1, 0.15) is 65.7 Å². The fourth-order valence-electron chi connectivity index (χ4n) is 1.78.